The van der Waals surface area contributed by atoms with E-state index in [-0.39, 0.29) is 0 Å². The molecule has 0 radical (unpaired) electrons. The van der Waals surface area contributed by atoms with Gasteiger partial charge < -0.3 is 10.3 Å². The highest BCUT2D eigenvalue weighted by Crippen LogP contribution is 2.30. The molecule has 5 heteroatoms. The van der Waals surface area contributed by atoms with Crippen molar-refractivity contribution in [1.29, 1.82) is 5.26 Å². The minimum absolute atomic E-state index is 0.522. The molecular weight excluding hydrogens is 332 g/mol. The average molecular weight is 347 g/mol. The summed E-state index contributed by atoms with van der Waals surface area (Å²) < 4.78 is 0. The molecule has 4 rings (SSSR count). The van der Waals surface area contributed by atoms with Gasteiger partial charge in [0.1, 0.15) is 6.07 Å². The molecule has 0 spiro atoms. The Morgan fingerprint density at radius 3 is 2.84 bits per heavy atom. The maximum absolute atomic E-state index is 9.40. The van der Waals surface area contributed by atoms with E-state index in [4.69, 9.17) is 11.6 Å². The van der Waals surface area contributed by atoms with E-state index in [1.807, 2.05) is 30.5 Å². The molecule has 122 valence electrons. The van der Waals surface area contributed by atoms with Crippen molar-refractivity contribution in [1.82, 2.24) is 9.97 Å². The number of H-pyrrole nitrogens is 1. The van der Waals surface area contributed by atoms with E-state index >= 15 is 0 Å². The Morgan fingerprint density at radius 1 is 1.12 bits per heavy atom. The zero-order chi connectivity index (χ0) is 17.2. The lowest BCUT2D eigenvalue weighted by molar-refractivity contribution is 1.03. The Kier molecular flexibility index (Phi) is 4.01. The van der Waals surface area contributed by atoms with Gasteiger partial charge in [-0.15, -0.1) is 0 Å². The van der Waals surface area contributed by atoms with Gasteiger partial charge in [-0.1, -0.05) is 41.9 Å². The van der Waals surface area contributed by atoms with Gasteiger partial charge in [0, 0.05) is 35.2 Å². The second-order valence-corrected chi connectivity index (χ2v) is 6.24. The zero-order valence-electron chi connectivity index (χ0n) is 13.4. The van der Waals surface area contributed by atoms with E-state index in [1.54, 1.807) is 12.3 Å². The highest BCUT2D eigenvalue weighted by Gasteiger charge is 2.11. The fourth-order valence-corrected chi connectivity index (χ4v) is 3.35. The van der Waals surface area contributed by atoms with Gasteiger partial charge in [0.2, 0.25) is 0 Å². The molecule has 2 heterocycles. The number of benzene rings is 2. The molecule has 2 aromatic carbocycles. The van der Waals surface area contributed by atoms with Crippen LogP contribution in [-0.2, 0) is 6.42 Å². The summed E-state index contributed by atoms with van der Waals surface area (Å²) in [6.07, 6.45) is 4.46. The fraction of sp³-hybridized carbons (Fsp3) is 0.100. The highest BCUT2D eigenvalue weighted by atomic mass is 35.5. The van der Waals surface area contributed by atoms with Crippen LogP contribution < -0.4 is 5.32 Å². The lowest BCUT2D eigenvalue weighted by Crippen LogP contribution is -2.07. The summed E-state index contributed by atoms with van der Waals surface area (Å²) in [7, 11) is 0. The molecule has 0 aliphatic rings. The summed E-state index contributed by atoms with van der Waals surface area (Å²) in [5.74, 6) is 0. The molecule has 0 saturated carbocycles. The van der Waals surface area contributed by atoms with Crippen molar-refractivity contribution in [3.05, 3.63) is 71.0 Å². The Balaban J connectivity index is 1.62. The number of anilines is 1. The molecule has 0 aliphatic heterocycles. The molecule has 0 saturated heterocycles. The minimum Gasteiger partial charge on any atom is -0.383 e. The van der Waals surface area contributed by atoms with Gasteiger partial charge >= 0.3 is 0 Å². The Morgan fingerprint density at radius 2 is 1.96 bits per heavy atom. The summed E-state index contributed by atoms with van der Waals surface area (Å²) in [5.41, 5.74) is 4.40. The SMILES string of the molecule is N#Cc1cnc2c(Cl)cccc2c1NCCc1c[nH]c2ccccc12. The quantitative estimate of drug-likeness (QED) is 0.552. The molecule has 0 bridgehead atoms. The van der Waals surface area contributed by atoms with E-state index < -0.39 is 0 Å². The number of para-hydroxylation sites is 2. The van der Waals surface area contributed by atoms with Crippen molar-refractivity contribution in [2.45, 2.75) is 6.42 Å². The number of fused-ring (bicyclic) bond motifs is 2. The van der Waals surface area contributed by atoms with Crippen molar-refractivity contribution >= 4 is 39.1 Å². The number of halogens is 1. The van der Waals surface area contributed by atoms with Crippen LogP contribution >= 0.6 is 11.6 Å². The van der Waals surface area contributed by atoms with Crippen molar-refractivity contribution in [2.75, 3.05) is 11.9 Å². The third kappa shape index (κ3) is 2.79. The predicted molar refractivity (Wildman–Crippen MR) is 102 cm³/mol. The number of nitrogens with zero attached hydrogens (tertiary/aromatic N) is 2. The van der Waals surface area contributed by atoms with Gasteiger partial charge in [-0.05, 0) is 24.1 Å². The molecular formula is C20H15ClN4. The summed E-state index contributed by atoms with van der Waals surface area (Å²) in [5, 5.41) is 15.5. The monoisotopic (exact) mass is 346 g/mol. The Hall–Kier alpha value is -3.03. The van der Waals surface area contributed by atoms with Crippen LogP contribution in [0.3, 0.4) is 0 Å². The topological polar surface area (TPSA) is 64.5 Å². The summed E-state index contributed by atoms with van der Waals surface area (Å²) >= 11 is 6.23. The van der Waals surface area contributed by atoms with Gasteiger partial charge in [-0.25, -0.2) is 0 Å². The van der Waals surface area contributed by atoms with E-state index in [1.165, 1.54) is 10.9 Å². The smallest absolute Gasteiger partial charge is 0.103 e. The molecule has 25 heavy (non-hydrogen) atoms. The van der Waals surface area contributed by atoms with Crippen molar-refractivity contribution < 1.29 is 0 Å². The normalized spacial score (nSPS) is 10.9. The predicted octanol–water partition coefficient (Wildman–Crippen LogP) is 4.90. The molecule has 0 unspecified atom stereocenters. The maximum atomic E-state index is 9.40. The van der Waals surface area contributed by atoms with Crippen LogP contribution in [0.1, 0.15) is 11.1 Å². The third-order valence-electron chi connectivity index (χ3n) is 4.34. The summed E-state index contributed by atoms with van der Waals surface area (Å²) in [6.45, 7) is 0.710. The van der Waals surface area contributed by atoms with Gasteiger partial charge in [-0.3, -0.25) is 4.98 Å². The second-order valence-electron chi connectivity index (χ2n) is 5.83. The lowest BCUT2D eigenvalue weighted by Gasteiger charge is -2.11. The third-order valence-corrected chi connectivity index (χ3v) is 4.64. The first-order valence-electron chi connectivity index (χ1n) is 8.04. The first kappa shape index (κ1) is 15.5. The fourth-order valence-electron chi connectivity index (χ4n) is 3.12. The van der Waals surface area contributed by atoms with Crippen LogP contribution in [0.25, 0.3) is 21.8 Å². The lowest BCUT2D eigenvalue weighted by atomic mass is 10.1. The van der Waals surface area contributed by atoms with E-state index in [2.05, 4.69) is 33.5 Å². The largest absolute Gasteiger partial charge is 0.383 e. The number of nitrogens with one attached hydrogen (secondary N) is 2. The number of hydrogen-bond donors (Lipinski definition) is 2. The molecule has 4 nitrogen and oxygen atoms in total. The van der Waals surface area contributed by atoms with Crippen molar-refractivity contribution in [3.63, 3.8) is 0 Å². The highest BCUT2D eigenvalue weighted by molar-refractivity contribution is 6.35. The number of pyridine rings is 1. The standard InChI is InChI=1S/C20H15ClN4/c21-17-6-3-5-16-19(14(10-22)12-25-20(16)17)23-9-8-13-11-24-18-7-2-1-4-15(13)18/h1-7,11-12,24H,8-9H2,(H,23,25). The van der Waals surface area contributed by atoms with Crippen LogP contribution in [0.15, 0.2) is 54.9 Å². The Labute approximate surface area is 150 Å². The second kappa shape index (κ2) is 6.46. The number of rotatable bonds is 4. The number of nitriles is 1. The number of aromatic nitrogens is 2. The van der Waals surface area contributed by atoms with Gasteiger partial charge in [-0.2, -0.15) is 5.26 Å². The molecule has 0 aliphatic carbocycles. The van der Waals surface area contributed by atoms with E-state index in [0.717, 1.165) is 23.0 Å². The van der Waals surface area contributed by atoms with Crippen molar-refractivity contribution in [3.8, 4) is 6.07 Å². The molecule has 0 amide bonds. The van der Waals surface area contributed by atoms with Gasteiger partial charge in [0.05, 0.1) is 21.8 Å². The van der Waals surface area contributed by atoms with Gasteiger partial charge in [0.25, 0.3) is 0 Å². The van der Waals surface area contributed by atoms with Crippen LogP contribution in [-0.4, -0.2) is 16.5 Å². The van der Waals surface area contributed by atoms with Crippen molar-refractivity contribution in [2.24, 2.45) is 0 Å². The van der Waals surface area contributed by atoms with Crippen LogP contribution in [0.2, 0.25) is 5.02 Å². The average Bonchev–Trinajstić information content (AvgIpc) is 3.05. The molecule has 0 atom stereocenters. The van der Waals surface area contributed by atoms with E-state index in [9.17, 15) is 5.26 Å². The van der Waals surface area contributed by atoms with E-state index in [0.29, 0.717) is 22.6 Å². The Bertz CT molecular complexity index is 1110. The molecule has 2 N–H and O–H groups in total. The van der Waals surface area contributed by atoms with Gasteiger partial charge in [0.15, 0.2) is 0 Å². The van der Waals surface area contributed by atoms with Crippen LogP contribution in [0.5, 0.6) is 0 Å². The number of aromatic amines is 1. The molecule has 0 fully saturated rings. The molecule has 2 aromatic heterocycles. The summed E-state index contributed by atoms with van der Waals surface area (Å²) in [6, 6.07) is 16.1. The number of hydrogen-bond acceptors (Lipinski definition) is 3. The minimum atomic E-state index is 0.522. The zero-order valence-corrected chi connectivity index (χ0v) is 14.1. The summed E-state index contributed by atoms with van der Waals surface area (Å²) in [4.78, 5) is 7.60. The van der Waals surface area contributed by atoms with Crippen LogP contribution in [0.4, 0.5) is 5.69 Å². The first-order valence-corrected chi connectivity index (χ1v) is 8.42. The first-order chi connectivity index (χ1) is 12.3. The molecule has 4 aromatic rings. The maximum Gasteiger partial charge on any atom is 0.103 e. The van der Waals surface area contributed by atoms with Crippen LogP contribution in [0, 0.1) is 11.3 Å².